The average molecular weight is 258 g/mol. The first-order valence-electron chi connectivity index (χ1n) is 6.56. The van der Waals surface area contributed by atoms with Crippen LogP contribution >= 0.6 is 11.3 Å². The molecule has 1 saturated heterocycles. The van der Waals surface area contributed by atoms with Crippen LogP contribution in [0.5, 0.6) is 0 Å². The molecule has 0 radical (unpaired) electrons. The Bertz CT molecular complexity index is 527. The first-order chi connectivity index (χ1) is 8.83. The summed E-state index contributed by atoms with van der Waals surface area (Å²) < 4.78 is 0. The van der Waals surface area contributed by atoms with Gasteiger partial charge in [0.15, 0.2) is 0 Å². The van der Waals surface area contributed by atoms with E-state index in [-0.39, 0.29) is 0 Å². The van der Waals surface area contributed by atoms with Crippen LogP contribution in [-0.2, 0) is 0 Å². The number of aromatic nitrogens is 1. The van der Waals surface area contributed by atoms with E-state index in [1.165, 1.54) is 29.7 Å². The zero-order valence-electron chi connectivity index (χ0n) is 10.6. The van der Waals surface area contributed by atoms with E-state index >= 15 is 0 Å². The summed E-state index contributed by atoms with van der Waals surface area (Å²) in [6.45, 7) is 4.37. The number of thiazole rings is 1. The second kappa shape index (κ2) is 5.21. The molecule has 1 fully saturated rings. The Hall–Kier alpha value is -1.19. The van der Waals surface area contributed by atoms with Gasteiger partial charge >= 0.3 is 0 Å². The highest BCUT2D eigenvalue weighted by atomic mass is 32.1. The molecule has 3 heteroatoms. The van der Waals surface area contributed by atoms with E-state index in [9.17, 15) is 0 Å². The molecule has 94 valence electrons. The van der Waals surface area contributed by atoms with Gasteiger partial charge in [-0.3, -0.25) is 0 Å². The molecule has 0 amide bonds. The van der Waals surface area contributed by atoms with Gasteiger partial charge in [-0.05, 0) is 32.4 Å². The fourth-order valence-electron chi connectivity index (χ4n) is 2.49. The van der Waals surface area contributed by atoms with Crippen molar-refractivity contribution in [3.05, 3.63) is 40.9 Å². The summed E-state index contributed by atoms with van der Waals surface area (Å²) in [4.78, 5) is 4.82. The molecular weight excluding hydrogens is 240 g/mol. The lowest BCUT2D eigenvalue weighted by atomic mass is 9.97. The van der Waals surface area contributed by atoms with Gasteiger partial charge in [-0.2, -0.15) is 0 Å². The number of nitrogens with zero attached hydrogens (tertiary/aromatic N) is 1. The van der Waals surface area contributed by atoms with E-state index in [0.29, 0.717) is 5.92 Å². The highest BCUT2D eigenvalue weighted by molar-refractivity contribution is 7.13. The zero-order chi connectivity index (χ0) is 12.4. The Kier molecular flexibility index (Phi) is 3.43. The average Bonchev–Trinajstić information content (AvgIpc) is 2.89. The number of nitrogens with one attached hydrogen (secondary N) is 1. The summed E-state index contributed by atoms with van der Waals surface area (Å²) in [5.41, 5.74) is 3.81. The number of benzene rings is 1. The van der Waals surface area contributed by atoms with Crippen molar-refractivity contribution < 1.29 is 0 Å². The van der Waals surface area contributed by atoms with Crippen molar-refractivity contribution in [2.75, 3.05) is 13.1 Å². The molecule has 1 N–H and O–H groups in total. The lowest BCUT2D eigenvalue weighted by molar-refractivity contribution is 0.456. The van der Waals surface area contributed by atoms with Crippen molar-refractivity contribution in [2.24, 2.45) is 0 Å². The van der Waals surface area contributed by atoms with Gasteiger partial charge in [0.2, 0.25) is 0 Å². The van der Waals surface area contributed by atoms with Gasteiger partial charge in [0.05, 0.1) is 5.69 Å². The fourth-order valence-corrected chi connectivity index (χ4v) is 3.39. The van der Waals surface area contributed by atoms with Gasteiger partial charge in [0.25, 0.3) is 0 Å². The van der Waals surface area contributed by atoms with Gasteiger partial charge in [-0.25, -0.2) is 4.98 Å². The van der Waals surface area contributed by atoms with Crippen LogP contribution in [0.25, 0.3) is 10.6 Å². The van der Waals surface area contributed by atoms with E-state index in [4.69, 9.17) is 4.98 Å². The number of aryl methyl sites for hydroxylation is 1. The summed E-state index contributed by atoms with van der Waals surface area (Å²) in [5.74, 6) is 0.605. The van der Waals surface area contributed by atoms with Gasteiger partial charge in [-0.1, -0.05) is 23.8 Å². The van der Waals surface area contributed by atoms with Crippen LogP contribution in [0.3, 0.4) is 0 Å². The van der Waals surface area contributed by atoms with Crippen LogP contribution in [0.2, 0.25) is 0 Å². The van der Waals surface area contributed by atoms with Crippen LogP contribution in [0.15, 0.2) is 29.6 Å². The molecule has 18 heavy (non-hydrogen) atoms. The number of hydrogen-bond acceptors (Lipinski definition) is 3. The quantitative estimate of drug-likeness (QED) is 0.890. The molecule has 1 aliphatic heterocycles. The Morgan fingerprint density at radius 2 is 2.33 bits per heavy atom. The molecule has 3 rings (SSSR count). The van der Waals surface area contributed by atoms with E-state index in [1.807, 2.05) is 0 Å². The molecule has 1 aliphatic rings. The zero-order valence-corrected chi connectivity index (χ0v) is 11.5. The molecule has 1 aromatic carbocycles. The number of rotatable bonds is 2. The van der Waals surface area contributed by atoms with Crippen LogP contribution in [0.4, 0.5) is 0 Å². The molecular formula is C15H18N2S. The predicted molar refractivity (Wildman–Crippen MR) is 77.1 cm³/mol. The monoisotopic (exact) mass is 258 g/mol. The van der Waals surface area contributed by atoms with Crippen LogP contribution in [-0.4, -0.2) is 18.1 Å². The third-order valence-corrected chi connectivity index (χ3v) is 4.41. The Morgan fingerprint density at radius 3 is 3.11 bits per heavy atom. The summed E-state index contributed by atoms with van der Waals surface area (Å²) in [5, 5.41) is 6.84. The van der Waals surface area contributed by atoms with Crippen LogP contribution in [0.1, 0.15) is 30.0 Å². The molecule has 2 aromatic rings. The summed E-state index contributed by atoms with van der Waals surface area (Å²) in [6.07, 6.45) is 2.53. The maximum absolute atomic E-state index is 4.82. The van der Waals surface area contributed by atoms with E-state index < -0.39 is 0 Å². The lowest BCUT2D eigenvalue weighted by Crippen LogP contribution is -2.28. The highest BCUT2D eigenvalue weighted by Crippen LogP contribution is 2.30. The van der Waals surface area contributed by atoms with Gasteiger partial charge in [0.1, 0.15) is 5.01 Å². The maximum atomic E-state index is 4.82. The minimum Gasteiger partial charge on any atom is -0.316 e. The number of piperidine rings is 1. The van der Waals surface area contributed by atoms with Crippen molar-refractivity contribution in [1.29, 1.82) is 0 Å². The summed E-state index contributed by atoms with van der Waals surface area (Å²) in [7, 11) is 0. The lowest BCUT2D eigenvalue weighted by Gasteiger charge is -2.20. The first-order valence-corrected chi connectivity index (χ1v) is 7.44. The van der Waals surface area contributed by atoms with Gasteiger partial charge < -0.3 is 5.32 Å². The van der Waals surface area contributed by atoms with Gasteiger partial charge in [0, 0.05) is 23.4 Å². The predicted octanol–water partition coefficient (Wildman–Crippen LogP) is 3.59. The molecule has 0 saturated carbocycles. The molecule has 1 unspecified atom stereocenters. The third kappa shape index (κ3) is 2.47. The minimum absolute atomic E-state index is 0.605. The smallest absolute Gasteiger partial charge is 0.123 e. The molecule has 2 nitrogen and oxygen atoms in total. The molecule has 2 heterocycles. The Labute approximate surface area is 112 Å². The minimum atomic E-state index is 0.605. The topological polar surface area (TPSA) is 24.9 Å². The highest BCUT2D eigenvalue weighted by Gasteiger charge is 2.18. The molecule has 1 atom stereocenters. The molecule has 0 bridgehead atoms. The molecule has 0 aliphatic carbocycles. The van der Waals surface area contributed by atoms with E-state index in [1.54, 1.807) is 11.3 Å². The van der Waals surface area contributed by atoms with Crippen molar-refractivity contribution in [2.45, 2.75) is 25.7 Å². The fraction of sp³-hybridized carbons (Fsp3) is 0.400. The Balaban J connectivity index is 1.84. The van der Waals surface area contributed by atoms with Crippen molar-refractivity contribution in [3.8, 4) is 10.6 Å². The molecule has 0 spiro atoms. The number of hydrogen-bond donors (Lipinski definition) is 1. The van der Waals surface area contributed by atoms with Crippen LogP contribution in [0, 0.1) is 6.92 Å². The first kappa shape index (κ1) is 11.9. The Morgan fingerprint density at radius 1 is 1.39 bits per heavy atom. The second-order valence-corrected chi connectivity index (χ2v) is 5.85. The van der Waals surface area contributed by atoms with Crippen molar-refractivity contribution in [1.82, 2.24) is 10.3 Å². The normalized spacial score (nSPS) is 19.9. The summed E-state index contributed by atoms with van der Waals surface area (Å²) in [6, 6.07) is 8.59. The molecule has 1 aromatic heterocycles. The van der Waals surface area contributed by atoms with E-state index in [2.05, 4.69) is 41.9 Å². The summed E-state index contributed by atoms with van der Waals surface area (Å²) >= 11 is 1.77. The van der Waals surface area contributed by atoms with Crippen molar-refractivity contribution in [3.63, 3.8) is 0 Å². The largest absolute Gasteiger partial charge is 0.316 e. The van der Waals surface area contributed by atoms with Crippen LogP contribution < -0.4 is 5.32 Å². The maximum Gasteiger partial charge on any atom is 0.123 e. The van der Waals surface area contributed by atoms with Crippen molar-refractivity contribution >= 4 is 11.3 Å². The SMILES string of the molecule is Cc1cccc(-c2nc(C3CCCNC3)cs2)c1. The standard InChI is InChI=1S/C15H18N2S/c1-11-4-2-5-12(8-11)15-17-14(10-18-15)13-6-3-7-16-9-13/h2,4-5,8,10,13,16H,3,6-7,9H2,1H3. The van der Waals surface area contributed by atoms with Gasteiger partial charge in [-0.15, -0.1) is 11.3 Å². The second-order valence-electron chi connectivity index (χ2n) is 4.99. The third-order valence-electron chi connectivity index (χ3n) is 3.50. The van der Waals surface area contributed by atoms with E-state index in [0.717, 1.165) is 18.1 Å².